The number of nitrogens with one attached hydrogen (secondary N) is 1. The Morgan fingerprint density at radius 3 is 2.59 bits per heavy atom. The smallest absolute Gasteiger partial charge is 0.0931 e. The van der Waals surface area contributed by atoms with Crippen LogP contribution in [0.25, 0.3) is 0 Å². The predicted molar refractivity (Wildman–Crippen MR) is 82.6 cm³/mol. The van der Waals surface area contributed by atoms with Crippen molar-refractivity contribution in [2.45, 2.75) is 44.9 Å². The second-order valence-electron chi connectivity index (χ2n) is 5.07. The first kappa shape index (κ1) is 15.4. The van der Waals surface area contributed by atoms with Gasteiger partial charge in [-0.15, -0.1) is 11.3 Å². The summed E-state index contributed by atoms with van der Waals surface area (Å²) in [5, 5.41) is 3.60. The van der Waals surface area contributed by atoms with Crippen molar-refractivity contribution in [1.29, 1.82) is 0 Å². The van der Waals surface area contributed by atoms with Gasteiger partial charge < -0.3 is 5.32 Å². The summed E-state index contributed by atoms with van der Waals surface area (Å²) < 4.78 is 1.19. The van der Waals surface area contributed by atoms with Crippen LogP contribution < -0.4 is 5.32 Å². The maximum atomic E-state index is 6.01. The number of hydrogen-bond acceptors (Lipinski definition) is 3. The van der Waals surface area contributed by atoms with Crippen LogP contribution in [0.2, 0.25) is 4.34 Å². The molecule has 98 valence electrons. The van der Waals surface area contributed by atoms with Crippen molar-refractivity contribution in [3.05, 3.63) is 21.3 Å². The van der Waals surface area contributed by atoms with Gasteiger partial charge in [-0.3, -0.25) is 0 Å². The molecule has 0 saturated carbocycles. The highest BCUT2D eigenvalue weighted by Gasteiger charge is 2.18. The lowest BCUT2D eigenvalue weighted by atomic mass is 10.2. The summed E-state index contributed by atoms with van der Waals surface area (Å²) in [5.41, 5.74) is 0. The molecule has 0 aliphatic carbocycles. The molecule has 0 radical (unpaired) electrons. The molecule has 0 fully saturated rings. The average Bonchev–Trinajstić information content (AvgIpc) is 2.63. The van der Waals surface area contributed by atoms with E-state index in [9.17, 15) is 0 Å². The van der Waals surface area contributed by atoms with Gasteiger partial charge in [-0.2, -0.15) is 11.8 Å². The van der Waals surface area contributed by atoms with Crippen LogP contribution in [0.5, 0.6) is 0 Å². The first-order chi connectivity index (χ1) is 7.92. The third kappa shape index (κ3) is 6.14. The first-order valence-electron chi connectivity index (χ1n) is 6.05. The van der Waals surface area contributed by atoms with Gasteiger partial charge in [-0.05, 0) is 25.1 Å². The Morgan fingerprint density at radius 1 is 1.41 bits per heavy atom. The monoisotopic (exact) mass is 291 g/mol. The van der Waals surface area contributed by atoms with Gasteiger partial charge in [0.1, 0.15) is 0 Å². The molecule has 1 N–H and O–H groups in total. The minimum atomic E-state index is 0.313. The van der Waals surface area contributed by atoms with Crippen LogP contribution in [0.3, 0.4) is 0 Å². The Balaban J connectivity index is 2.60. The zero-order valence-corrected chi connectivity index (χ0v) is 13.4. The lowest BCUT2D eigenvalue weighted by molar-refractivity contribution is 0.583. The van der Waals surface area contributed by atoms with E-state index < -0.39 is 0 Å². The molecule has 1 atom stereocenters. The summed E-state index contributed by atoms with van der Waals surface area (Å²) in [6, 6.07) is 4.56. The molecule has 1 aromatic heterocycles. The number of thioether (sulfide) groups is 1. The predicted octanol–water partition coefficient (Wildman–Crippen LogP) is 4.97. The van der Waals surface area contributed by atoms with E-state index in [1.807, 2.05) is 17.8 Å². The van der Waals surface area contributed by atoms with Crippen molar-refractivity contribution >= 4 is 34.7 Å². The fourth-order valence-corrected chi connectivity index (χ4v) is 3.62. The third-order valence-corrected chi connectivity index (χ3v) is 4.97. The Hall–Kier alpha value is 0.300. The van der Waals surface area contributed by atoms with Crippen molar-refractivity contribution < 1.29 is 0 Å². The molecule has 1 nitrogen and oxygen atoms in total. The Bertz CT molecular complexity index is 330. The topological polar surface area (TPSA) is 12.0 Å². The van der Waals surface area contributed by atoms with Crippen molar-refractivity contribution in [3.63, 3.8) is 0 Å². The number of halogens is 1. The minimum absolute atomic E-state index is 0.313. The normalized spacial score (nSPS) is 13.9. The van der Waals surface area contributed by atoms with Gasteiger partial charge >= 0.3 is 0 Å². The second-order valence-corrected chi connectivity index (χ2v) is 8.67. The molecule has 1 aromatic rings. The molecule has 4 heteroatoms. The molecule has 17 heavy (non-hydrogen) atoms. The van der Waals surface area contributed by atoms with E-state index in [4.69, 9.17) is 11.6 Å². The van der Waals surface area contributed by atoms with Gasteiger partial charge in [0, 0.05) is 15.4 Å². The van der Waals surface area contributed by atoms with E-state index in [1.54, 1.807) is 11.3 Å². The summed E-state index contributed by atoms with van der Waals surface area (Å²) >= 11 is 9.70. The third-order valence-electron chi connectivity index (χ3n) is 2.26. The highest BCUT2D eigenvalue weighted by atomic mass is 35.5. The van der Waals surface area contributed by atoms with Gasteiger partial charge in [0.05, 0.1) is 10.4 Å². The first-order valence-corrected chi connectivity index (χ1v) is 8.23. The molecule has 1 unspecified atom stereocenters. The van der Waals surface area contributed by atoms with Crippen molar-refractivity contribution in [3.8, 4) is 0 Å². The van der Waals surface area contributed by atoms with E-state index in [0.717, 1.165) is 23.1 Å². The molecule has 0 spiro atoms. The van der Waals surface area contributed by atoms with Crippen molar-refractivity contribution in [2.75, 3.05) is 12.3 Å². The van der Waals surface area contributed by atoms with Crippen LogP contribution in [-0.2, 0) is 0 Å². The molecule has 0 aliphatic rings. The quantitative estimate of drug-likeness (QED) is 0.794. The maximum absolute atomic E-state index is 6.01. The molecule has 1 heterocycles. The fourth-order valence-electron chi connectivity index (χ4n) is 1.41. The Labute approximate surface area is 118 Å². The van der Waals surface area contributed by atoms with Crippen molar-refractivity contribution in [1.82, 2.24) is 5.32 Å². The minimum Gasteiger partial charge on any atom is -0.309 e. The number of hydrogen-bond donors (Lipinski definition) is 1. The van der Waals surface area contributed by atoms with E-state index in [1.165, 1.54) is 4.88 Å². The van der Waals surface area contributed by atoms with E-state index in [-0.39, 0.29) is 0 Å². The zero-order valence-electron chi connectivity index (χ0n) is 11.0. The summed E-state index contributed by atoms with van der Waals surface area (Å²) in [5.74, 6) is 1.10. The molecule has 0 bridgehead atoms. The largest absolute Gasteiger partial charge is 0.309 e. The average molecular weight is 292 g/mol. The van der Waals surface area contributed by atoms with Gasteiger partial charge in [0.25, 0.3) is 0 Å². The molecule has 0 aromatic carbocycles. The standard InChI is InChI=1S/C13H22ClNS2/c1-5-8-15-10(9-16-13(2,3)4)11-6-7-12(14)17-11/h6-7,10,15H,5,8-9H2,1-4H3. The molecule has 1 rings (SSSR count). The zero-order chi connectivity index (χ0) is 12.9. The summed E-state index contributed by atoms with van der Waals surface area (Å²) in [4.78, 5) is 1.35. The van der Waals surface area contributed by atoms with E-state index in [0.29, 0.717) is 10.8 Å². The lowest BCUT2D eigenvalue weighted by Gasteiger charge is -2.23. The van der Waals surface area contributed by atoms with Crippen LogP contribution in [0.4, 0.5) is 0 Å². The highest BCUT2D eigenvalue weighted by molar-refractivity contribution is 8.00. The van der Waals surface area contributed by atoms with E-state index in [2.05, 4.69) is 39.1 Å². The highest BCUT2D eigenvalue weighted by Crippen LogP contribution is 2.32. The molecule has 0 saturated heterocycles. The number of rotatable bonds is 6. The van der Waals surface area contributed by atoms with E-state index >= 15 is 0 Å². The van der Waals surface area contributed by atoms with Gasteiger partial charge in [-0.1, -0.05) is 39.3 Å². The summed E-state index contributed by atoms with van der Waals surface area (Å²) in [6.07, 6.45) is 1.16. The molecular weight excluding hydrogens is 270 g/mol. The van der Waals surface area contributed by atoms with Gasteiger partial charge in [-0.25, -0.2) is 0 Å². The molecule has 0 aliphatic heterocycles. The Kier molecular flexibility index (Phi) is 6.35. The SMILES string of the molecule is CCCNC(CSC(C)(C)C)c1ccc(Cl)s1. The Morgan fingerprint density at radius 2 is 2.12 bits per heavy atom. The number of thiophene rings is 1. The fraction of sp³-hybridized carbons (Fsp3) is 0.692. The second kappa shape index (κ2) is 7.03. The van der Waals surface area contributed by atoms with Gasteiger partial charge in [0.15, 0.2) is 0 Å². The van der Waals surface area contributed by atoms with Crippen LogP contribution in [0.15, 0.2) is 12.1 Å². The lowest BCUT2D eigenvalue weighted by Crippen LogP contribution is -2.25. The van der Waals surface area contributed by atoms with Crippen LogP contribution in [0, 0.1) is 0 Å². The van der Waals surface area contributed by atoms with Gasteiger partial charge in [0.2, 0.25) is 0 Å². The summed E-state index contributed by atoms with van der Waals surface area (Å²) in [6.45, 7) is 10.0. The maximum Gasteiger partial charge on any atom is 0.0931 e. The van der Waals surface area contributed by atoms with Crippen LogP contribution in [-0.4, -0.2) is 17.0 Å². The van der Waals surface area contributed by atoms with Crippen LogP contribution >= 0.6 is 34.7 Å². The van der Waals surface area contributed by atoms with Crippen LogP contribution in [0.1, 0.15) is 45.0 Å². The molecular formula is C13H22ClNS2. The van der Waals surface area contributed by atoms with Crippen molar-refractivity contribution in [2.24, 2.45) is 0 Å². The molecule has 0 amide bonds. The summed E-state index contributed by atoms with van der Waals surface area (Å²) in [7, 11) is 0.